The van der Waals surface area contributed by atoms with Crippen LogP contribution in [0.4, 0.5) is 11.5 Å². The third-order valence-electron chi connectivity index (χ3n) is 4.79. The monoisotopic (exact) mass is 447 g/mol. The molecule has 174 valence electrons. The highest BCUT2D eigenvalue weighted by atomic mass is 16.5. The fourth-order valence-corrected chi connectivity index (χ4v) is 3.36. The second-order valence-electron chi connectivity index (χ2n) is 7.68. The Morgan fingerprint density at radius 1 is 0.939 bits per heavy atom. The van der Waals surface area contributed by atoms with Gasteiger partial charge in [-0.3, -0.25) is 5.43 Å². The van der Waals surface area contributed by atoms with Gasteiger partial charge in [-0.05, 0) is 31.4 Å². The Morgan fingerprint density at radius 2 is 1.73 bits per heavy atom. The van der Waals surface area contributed by atoms with E-state index in [1.54, 1.807) is 12.4 Å². The van der Waals surface area contributed by atoms with Crippen LogP contribution in [-0.4, -0.2) is 42.5 Å². The Bertz CT molecular complexity index is 1000. The molecule has 33 heavy (non-hydrogen) atoms. The van der Waals surface area contributed by atoms with E-state index in [9.17, 15) is 0 Å². The van der Waals surface area contributed by atoms with Crippen LogP contribution in [0.3, 0.4) is 0 Å². The maximum Gasteiger partial charge on any atom is 0.217 e. The number of hydrogen-bond acceptors (Lipinski definition) is 7. The molecule has 1 N–H and O–H groups in total. The van der Waals surface area contributed by atoms with Crippen LogP contribution in [0.1, 0.15) is 37.8 Å². The highest BCUT2D eigenvalue weighted by Gasteiger charge is 2.10. The first-order valence-electron chi connectivity index (χ1n) is 11.5. The van der Waals surface area contributed by atoms with Gasteiger partial charge in [0.05, 0.1) is 6.21 Å². The van der Waals surface area contributed by atoms with Gasteiger partial charge in [0.15, 0.2) is 5.82 Å². The third-order valence-corrected chi connectivity index (χ3v) is 4.79. The summed E-state index contributed by atoms with van der Waals surface area (Å²) in [6, 6.07) is 17.7. The molecular weight excluding hydrogens is 414 g/mol. The van der Waals surface area contributed by atoms with Crippen molar-refractivity contribution in [2.45, 2.75) is 33.6 Å². The van der Waals surface area contributed by atoms with Crippen molar-refractivity contribution in [3.63, 3.8) is 0 Å². The number of hydrogen-bond donors (Lipinski definition) is 1. The van der Waals surface area contributed by atoms with E-state index < -0.39 is 0 Å². The Labute approximate surface area is 196 Å². The molecule has 7 heteroatoms. The second kappa shape index (κ2) is 13.1. The molecule has 0 saturated carbocycles. The molecule has 0 saturated heterocycles. The summed E-state index contributed by atoms with van der Waals surface area (Å²) in [7, 11) is 0. The SMILES string of the molecule is CCCN(CCC)c1cc(N/N=C/c2cccc(C)c2)nc(OCCOc2ccccn2)c1. The summed E-state index contributed by atoms with van der Waals surface area (Å²) in [5.74, 6) is 1.74. The number of nitrogens with zero attached hydrogens (tertiary/aromatic N) is 4. The van der Waals surface area contributed by atoms with Gasteiger partial charge in [-0.2, -0.15) is 10.1 Å². The molecular formula is C26H33N5O2. The van der Waals surface area contributed by atoms with E-state index in [0.29, 0.717) is 30.8 Å². The quantitative estimate of drug-likeness (QED) is 0.217. The topological polar surface area (TPSA) is 71.9 Å². The van der Waals surface area contributed by atoms with Crippen molar-refractivity contribution in [3.05, 3.63) is 71.9 Å². The van der Waals surface area contributed by atoms with Gasteiger partial charge in [0.1, 0.15) is 13.2 Å². The summed E-state index contributed by atoms with van der Waals surface area (Å²) in [6.45, 7) is 9.10. The van der Waals surface area contributed by atoms with Crippen LogP contribution in [0.25, 0.3) is 0 Å². The summed E-state index contributed by atoms with van der Waals surface area (Å²) in [6.07, 6.45) is 5.61. The molecule has 1 aromatic carbocycles. The van der Waals surface area contributed by atoms with Crippen LogP contribution in [0, 0.1) is 6.92 Å². The van der Waals surface area contributed by atoms with Crippen LogP contribution in [0.5, 0.6) is 11.8 Å². The van der Waals surface area contributed by atoms with Crippen molar-refractivity contribution >= 4 is 17.7 Å². The zero-order valence-corrected chi connectivity index (χ0v) is 19.7. The smallest absolute Gasteiger partial charge is 0.217 e. The second-order valence-corrected chi connectivity index (χ2v) is 7.68. The Balaban J connectivity index is 1.70. The lowest BCUT2D eigenvalue weighted by molar-refractivity contribution is 0.207. The molecule has 0 aliphatic heterocycles. The predicted molar refractivity (Wildman–Crippen MR) is 135 cm³/mol. The molecule has 0 fully saturated rings. The van der Waals surface area contributed by atoms with Crippen LogP contribution >= 0.6 is 0 Å². The summed E-state index contributed by atoms with van der Waals surface area (Å²) in [5, 5.41) is 4.38. The first kappa shape index (κ1) is 24.0. The van der Waals surface area contributed by atoms with E-state index in [0.717, 1.165) is 37.2 Å². The summed E-state index contributed by atoms with van der Waals surface area (Å²) in [4.78, 5) is 11.1. The molecule has 0 atom stereocenters. The number of anilines is 2. The molecule has 2 heterocycles. The number of aryl methyl sites for hydroxylation is 1. The van der Waals surface area contributed by atoms with E-state index in [4.69, 9.17) is 9.47 Å². The molecule has 3 aromatic rings. The lowest BCUT2D eigenvalue weighted by Gasteiger charge is -2.24. The van der Waals surface area contributed by atoms with Gasteiger partial charge in [0.2, 0.25) is 11.8 Å². The maximum absolute atomic E-state index is 5.91. The molecule has 0 aliphatic rings. The molecule has 7 nitrogen and oxygen atoms in total. The molecule has 0 unspecified atom stereocenters. The minimum Gasteiger partial charge on any atom is -0.474 e. The predicted octanol–water partition coefficient (Wildman–Crippen LogP) is 5.32. The van der Waals surface area contributed by atoms with E-state index in [2.05, 4.69) is 58.3 Å². The molecule has 0 amide bonds. The molecule has 0 aliphatic carbocycles. The minimum atomic E-state index is 0.362. The van der Waals surface area contributed by atoms with Gasteiger partial charge in [-0.25, -0.2) is 4.98 Å². The van der Waals surface area contributed by atoms with Crippen LogP contribution in [0.15, 0.2) is 65.9 Å². The Kier molecular flexibility index (Phi) is 9.51. The van der Waals surface area contributed by atoms with Crippen molar-refractivity contribution in [2.75, 3.05) is 36.6 Å². The number of benzene rings is 1. The molecule has 3 rings (SSSR count). The van der Waals surface area contributed by atoms with E-state index in [1.807, 2.05) is 42.5 Å². The average molecular weight is 448 g/mol. The van der Waals surface area contributed by atoms with Crippen molar-refractivity contribution in [3.8, 4) is 11.8 Å². The van der Waals surface area contributed by atoms with Crippen molar-refractivity contribution in [2.24, 2.45) is 5.10 Å². The lowest BCUT2D eigenvalue weighted by Crippen LogP contribution is -2.25. The van der Waals surface area contributed by atoms with Gasteiger partial charge in [-0.15, -0.1) is 0 Å². The molecule has 0 spiro atoms. The first-order chi connectivity index (χ1) is 16.2. The fraction of sp³-hybridized carbons (Fsp3) is 0.346. The normalized spacial score (nSPS) is 10.9. The Morgan fingerprint density at radius 3 is 2.42 bits per heavy atom. The zero-order chi connectivity index (χ0) is 23.3. The number of pyridine rings is 2. The summed E-state index contributed by atoms with van der Waals surface area (Å²) >= 11 is 0. The van der Waals surface area contributed by atoms with E-state index in [1.165, 1.54) is 5.56 Å². The molecule has 0 bridgehead atoms. The van der Waals surface area contributed by atoms with Gasteiger partial charge in [-0.1, -0.05) is 49.7 Å². The van der Waals surface area contributed by atoms with Crippen LogP contribution < -0.4 is 19.8 Å². The fourth-order valence-electron chi connectivity index (χ4n) is 3.36. The highest BCUT2D eigenvalue weighted by molar-refractivity contribution is 5.80. The number of rotatable bonds is 13. The van der Waals surface area contributed by atoms with Crippen molar-refractivity contribution < 1.29 is 9.47 Å². The third kappa shape index (κ3) is 8.11. The average Bonchev–Trinajstić information content (AvgIpc) is 2.82. The van der Waals surface area contributed by atoms with E-state index in [-0.39, 0.29) is 0 Å². The maximum atomic E-state index is 5.91. The number of nitrogens with one attached hydrogen (secondary N) is 1. The summed E-state index contributed by atoms with van der Waals surface area (Å²) < 4.78 is 11.5. The number of aromatic nitrogens is 2. The molecule has 2 aromatic heterocycles. The van der Waals surface area contributed by atoms with Gasteiger partial charge >= 0.3 is 0 Å². The highest BCUT2D eigenvalue weighted by Crippen LogP contribution is 2.24. The van der Waals surface area contributed by atoms with Crippen molar-refractivity contribution in [1.29, 1.82) is 0 Å². The Hall–Kier alpha value is -3.61. The number of ether oxygens (including phenoxy) is 2. The first-order valence-corrected chi connectivity index (χ1v) is 11.5. The van der Waals surface area contributed by atoms with Crippen LogP contribution in [0.2, 0.25) is 0 Å². The lowest BCUT2D eigenvalue weighted by atomic mass is 10.2. The van der Waals surface area contributed by atoms with Crippen molar-refractivity contribution in [1.82, 2.24) is 9.97 Å². The van der Waals surface area contributed by atoms with Gasteiger partial charge in [0.25, 0.3) is 0 Å². The van der Waals surface area contributed by atoms with Gasteiger partial charge in [0, 0.05) is 43.2 Å². The van der Waals surface area contributed by atoms with Crippen LogP contribution in [-0.2, 0) is 0 Å². The summed E-state index contributed by atoms with van der Waals surface area (Å²) in [5.41, 5.74) is 6.34. The van der Waals surface area contributed by atoms with Gasteiger partial charge < -0.3 is 14.4 Å². The largest absolute Gasteiger partial charge is 0.474 e. The standard InChI is InChI=1S/C26H33N5O2/c1-4-13-31(14-5-2)23-18-24(30-28-20-22-10-8-9-21(3)17-22)29-26(19-23)33-16-15-32-25-11-6-7-12-27-25/h6-12,17-20H,4-5,13-16H2,1-3H3,(H,29,30)/b28-20+. The zero-order valence-electron chi connectivity index (χ0n) is 19.7. The van der Waals surface area contributed by atoms with E-state index >= 15 is 0 Å². The number of hydrazone groups is 1. The molecule has 0 radical (unpaired) electrons. The minimum absolute atomic E-state index is 0.362.